The smallest absolute Gasteiger partial charge is 0.243 e. The molecule has 184 valence electrons. The predicted octanol–water partition coefficient (Wildman–Crippen LogP) is 3.09. The van der Waals surface area contributed by atoms with Crippen molar-refractivity contribution in [3.63, 3.8) is 0 Å². The monoisotopic (exact) mass is 484 g/mol. The lowest BCUT2D eigenvalue weighted by Crippen LogP contribution is -2.43. The van der Waals surface area contributed by atoms with Gasteiger partial charge in [0.05, 0.1) is 4.90 Å². The minimum absolute atomic E-state index is 0.0275. The van der Waals surface area contributed by atoms with E-state index in [-0.39, 0.29) is 11.8 Å². The van der Waals surface area contributed by atoms with Gasteiger partial charge in [-0.25, -0.2) is 8.42 Å². The maximum absolute atomic E-state index is 13.1. The van der Waals surface area contributed by atoms with Crippen LogP contribution in [0.5, 0.6) is 0 Å². The van der Waals surface area contributed by atoms with Gasteiger partial charge < -0.3 is 10.2 Å². The molecule has 0 unspecified atom stereocenters. The Bertz CT molecular complexity index is 1120. The van der Waals surface area contributed by atoms with E-state index in [2.05, 4.69) is 34.3 Å². The lowest BCUT2D eigenvalue weighted by Gasteiger charge is -2.32. The lowest BCUT2D eigenvalue weighted by molar-refractivity contribution is -0.120. The van der Waals surface area contributed by atoms with E-state index in [4.69, 9.17) is 0 Å². The molecule has 2 heterocycles. The molecule has 7 nitrogen and oxygen atoms in total. The number of piperazine rings is 1. The van der Waals surface area contributed by atoms with E-state index in [1.165, 1.54) is 9.87 Å². The number of hydrogen-bond donors (Lipinski definition) is 1. The number of hydrogen-bond acceptors (Lipinski definition) is 5. The van der Waals surface area contributed by atoms with E-state index in [0.29, 0.717) is 30.8 Å². The number of rotatable bonds is 6. The summed E-state index contributed by atoms with van der Waals surface area (Å²) in [6.07, 6.45) is 1.05. The predicted molar refractivity (Wildman–Crippen MR) is 135 cm³/mol. The van der Waals surface area contributed by atoms with Crippen molar-refractivity contribution in [3.05, 3.63) is 59.2 Å². The van der Waals surface area contributed by atoms with E-state index < -0.39 is 10.0 Å². The molecule has 0 aromatic heterocycles. The molecule has 0 spiro atoms. The van der Waals surface area contributed by atoms with Crippen LogP contribution in [0.25, 0.3) is 0 Å². The average molecular weight is 485 g/mol. The summed E-state index contributed by atoms with van der Waals surface area (Å²) in [4.78, 5) is 18.1. The number of likely N-dealkylation sites (N-methyl/N-ethyl adjacent to an activating group) is 1. The fraction of sp³-hybridized carbons (Fsp3) is 0.500. The molecule has 0 saturated carbocycles. The molecule has 0 bridgehead atoms. The third-order valence-electron chi connectivity index (χ3n) is 6.97. The minimum Gasteiger partial charge on any atom is -0.326 e. The van der Waals surface area contributed by atoms with E-state index in [1.54, 1.807) is 6.07 Å². The Morgan fingerprint density at radius 2 is 1.68 bits per heavy atom. The van der Waals surface area contributed by atoms with Crippen molar-refractivity contribution in [3.8, 4) is 0 Å². The molecule has 2 aliphatic heterocycles. The van der Waals surface area contributed by atoms with Gasteiger partial charge in [-0.3, -0.25) is 9.69 Å². The minimum atomic E-state index is -3.55. The van der Waals surface area contributed by atoms with Crippen molar-refractivity contribution in [1.29, 1.82) is 0 Å². The molecule has 4 rings (SSSR count). The summed E-state index contributed by atoms with van der Waals surface area (Å²) in [5, 5.41) is 3.06. The molecular formula is C26H36N4O3S. The Morgan fingerprint density at radius 3 is 2.35 bits per heavy atom. The van der Waals surface area contributed by atoms with Gasteiger partial charge in [-0.2, -0.15) is 4.31 Å². The van der Waals surface area contributed by atoms with E-state index in [0.717, 1.165) is 49.5 Å². The van der Waals surface area contributed by atoms with Crippen LogP contribution in [0.2, 0.25) is 0 Å². The molecule has 1 amide bonds. The molecule has 8 heteroatoms. The van der Waals surface area contributed by atoms with Gasteiger partial charge >= 0.3 is 0 Å². The number of carbonyl (C=O) groups is 1. The Kier molecular flexibility index (Phi) is 7.72. The number of anilines is 1. The number of sulfonamides is 1. The molecule has 0 aliphatic carbocycles. The van der Waals surface area contributed by atoms with Gasteiger partial charge in [0.15, 0.2) is 0 Å². The number of nitrogens with one attached hydrogen (secondary N) is 1. The highest BCUT2D eigenvalue weighted by Crippen LogP contribution is 2.27. The summed E-state index contributed by atoms with van der Waals surface area (Å²) in [5.74, 6) is -0.216. The molecule has 34 heavy (non-hydrogen) atoms. The van der Waals surface area contributed by atoms with Gasteiger partial charge in [0.2, 0.25) is 15.9 Å². The Hall–Kier alpha value is -2.26. The number of benzene rings is 2. The number of piperidine rings is 1. The molecule has 0 atom stereocenters. The summed E-state index contributed by atoms with van der Waals surface area (Å²) in [5.41, 5.74) is 3.80. The van der Waals surface area contributed by atoms with Crippen molar-refractivity contribution in [1.82, 2.24) is 14.1 Å². The van der Waals surface area contributed by atoms with Gasteiger partial charge in [0.25, 0.3) is 0 Å². The van der Waals surface area contributed by atoms with Crippen molar-refractivity contribution in [2.75, 3.05) is 51.6 Å². The van der Waals surface area contributed by atoms with Crippen molar-refractivity contribution >= 4 is 21.6 Å². The first-order valence-electron chi connectivity index (χ1n) is 12.1. The van der Waals surface area contributed by atoms with E-state index >= 15 is 0 Å². The SMILES string of the molecule is Cc1ccc(S(=O)(=O)N2CCC(C(=O)Nc3cccc(CN4CCN(C)CC4)c3)CC2)c(C)c1. The number of amides is 1. The largest absolute Gasteiger partial charge is 0.326 e. The highest BCUT2D eigenvalue weighted by Gasteiger charge is 2.32. The topological polar surface area (TPSA) is 73.0 Å². The van der Waals surface area contributed by atoms with E-state index in [9.17, 15) is 13.2 Å². The highest BCUT2D eigenvalue weighted by molar-refractivity contribution is 7.89. The second kappa shape index (κ2) is 10.6. The van der Waals surface area contributed by atoms with Gasteiger partial charge in [-0.1, -0.05) is 29.8 Å². The van der Waals surface area contributed by atoms with Gasteiger partial charge in [-0.15, -0.1) is 0 Å². The van der Waals surface area contributed by atoms with Crippen LogP contribution in [0.4, 0.5) is 5.69 Å². The highest BCUT2D eigenvalue weighted by atomic mass is 32.2. The normalized spacial score (nSPS) is 19.3. The first kappa shape index (κ1) is 24.9. The lowest BCUT2D eigenvalue weighted by atomic mass is 9.97. The Morgan fingerprint density at radius 1 is 0.971 bits per heavy atom. The molecule has 0 radical (unpaired) electrons. The van der Waals surface area contributed by atoms with Crippen LogP contribution < -0.4 is 5.32 Å². The maximum Gasteiger partial charge on any atom is 0.243 e. The summed E-state index contributed by atoms with van der Waals surface area (Å²) < 4.78 is 27.8. The third kappa shape index (κ3) is 5.86. The number of carbonyl (C=O) groups excluding carboxylic acids is 1. The van der Waals surface area contributed by atoms with Gasteiger partial charge in [0.1, 0.15) is 0 Å². The zero-order valence-corrected chi connectivity index (χ0v) is 21.3. The molecule has 2 fully saturated rings. The van der Waals surface area contributed by atoms with Crippen LogP contribution >= 0.6 is 0 Å². The Labute approximate surface area is 203 Å². The summed E-state index contributed by atoms with van der Waals surface area (Å²) in [6, 6.07) is 13.5. The number of nitrogens with zero attached hydrogens (tertiary/aromatic N) is 3. The second-order valence-electron chi connectivity index (χ2n) is 9.72. The first-order chi connectivity index (χ1) is 16.2. The number of aryl methyl sites for hydroxylation is 2. The van der Waals surface area contributed by atoms with Crippen LogP contribution in [0, 0.1) is 19.8 Å². The molecule has 2 aromatic carbocycles. The molecule has 2 saturated heterocycles. The zero-order valence-electron chi connectivity index (χ0n) is 20.5. The van der Waals surface area contributed by atoms with Crippen LogP contribution in [-0.2, 0) is 21.4 Å². The van der Waals surface area contributed by atoms with Crippen molar-refractivity contribution < 1.29 is 13.2 Å². The van der Waals surface area contributed by atoms with Gasteiger partial charge in [0, 0.05) is 57.4 Å². The van der Waals surface area contributed by atoms with Crippen molar-refractivity contribution in [2.24, 2.45) is 5.92 Å². The fourth-order valence-corrected chi connectivity index (χ4v) is 6.52. The quantitative estimate of drug-likeness (QED) is 0.682. The fourth-order valence-electron chi connectivity index (χ4n) is 4.84. The molecular weight excluding hydrogens is 448 g/mol. The molecule has 2 aliphatic rings. The van der Waals surface area contributed by atoms with Crippen molar-refractivity contribution in [2.45, 2.75) is 38.1 Å². The zero-order chi connectivity index (χ0) is 24.3. The Balaban J connectivity index is 1.32. The summed E-state index contributed by atoms with van der Waals surface area (Å²) in [6.45, 7) is 9.64. The summed E-state index contributed by atoms with van der Waals surface area (Å²) >= 11 is 0. The average Bonchev–Trinajstić information content (AvgIpc) is 2.81. The van der Waals surface area contributed by atoms with Crippen LogP contribution in [0.1, 0.15) is 29.5 Å². The second-order valence-corrected chi connectivity index (χ2v) is 11.6. The van der Waals surface area contributed by atoms with Crippen LogP contribution in [0.15, 0.2) is 47.4 Å². The standard InChI is InChI=1S/C26H36N4O3S/c1-20-7-8-25(21(2)17-20)34(32,33)30-11-9-23(10-12-30)26(31)27-24-6-4-5-22(18-24)19-29-15-13-28(3)14-16-29/h4-8,17-18,23H,9-16,19H2,1-3H3,(H,27,31). The molecule has 2 aromatic rings. The van der Waals surface area contributed by atoms with Crippen LogP contribution in [-0.4, -0.2) is 74.7 Å². The van der Waals surface area contributed by atoms with Gasteiger partial charge in [-0.05, 0) is 63.1 Å². The van der Waals surface area contributed by atoms with E-state index in [1.807, 2.05) is 38.1 Å². The molecule has 1 N–H and O–H groups in total. The van der Waals surface area contributed by atoms with Crippen LogP contribution in [0.3, 0.4) is 0 Å². The first-order valence-corrected chi connectivity index (χ1v) is 13.5. The third-order valence-corrected chi connectivity index (χ3v) is 9.03. The maximum atomic E-state index is 13.1. The summed E-state index contributed by atoms with van der Waals surface area (Å²) in [7, 11) is -1.40.